The molecule has 114 valence electrons. The first kappa shape index (κ1) is 15.5. The lowest BCUT2D eigenvalue weighted by atomic mass is 9.77. The summed E-state index contributed by atoms with van der Waals surface area (Å²) in [6.07, 6.45) is 2.72. The molecule has 5 nitrogen and oxygen atoms in total. The molecule has 2 rings (SSSR count). The maximum Gasteiger partial charge on any atom is 0.335 e. The Labute approximate surface area is 124 Å². The van der Waals surface area contributed by atoms with Crippen LogP contribution in [0.15, 0.2) is 24.3 Å². The third kappa shape index (κ3) is 3.61. The number of carbonyl (C=O) groups is 2. The van der Waals surface area contributed by atoms with Gasteiger partial charge in [-0.25, -0.2) is 4.79 Å². The van der Waals surface area contributed by atoms with Crippen LogP contribution in [0.3, 0.4) is 0 Å². The van der Waals surface area contributed by atoms with Crippen molar-refractivity contribution in [2.75, 3.05) is 13.1 Å². The lowest BCUT2D eigenvalue weighted by Crippen LogP contribution is -2.50. The first-order valence-corrected chi connectivity index (χ1v) is 7.39. The molecule has 1 amide bonds. The Morgan fingerprint density at radius 3 is 2.86 bits per heavy atom. The fourth-order valence-electron chi connectivity index (χ4n) is 2.81. The first-order chi connectivity index (χ1) is 10.1. The van der Waals surface area contributed by atoms with Gasteiger partial charge in [0.2, 0.25) is 5.91 Å². The predicted molar refractivity (Wildman–Crippen MR) is 80.1 cm³/mol. The van der Waals surface area contributed by atoms with Crippen LogP contribution in [0.25, 0.3) is 0 Å². The van der Waals surface area contributed by atoms with E-state index in [1.54, 1.807) is 18.2 Å². The number of hydrogen-bond donors (Lipinski definition) is 3. The number of carboxylic acids is 1. The third-order valence-electron chi connectivity index (χ3n) is 4.26. The minimum absolute atomic E-state index is 0.0536. The molecule has 1 atom stereocenters. The summed E-state index contributed by atoms with van der Waals surface area (Å²) in [5.74, 6) is -0.900. The molecular formula is C16H22N2O3. The van der Waals surface area contributed by atoms with Crippen LogP contribution >= 0.6 is 0 Å². The van der Waals surface area contributed by atoms with Crippen molar-refractivity contribution in [2.45, 2.75) is 32.7 Å². The molecule has 0 saturated carbocycles. The zero-order chi connectivity index (χ0) is 15.3. The number of rotatable bonds is 5. The molecule has 0 spiro atoms. The van der Waals surface area contributed by atoms with Gasteiger partial charge in [-0.05, 0) is 43.5 Å². The molecule has 21 heavy (non-hydrogen) atoms. The number of hydrogen-bond acceptors (Lipinski definition) is 3. The van der Waals surface area contributed by atoms with Crippen LogP contribution in [0.4, 0.5) is 0 Å². The normalized spacial score (nSPS) is 21.8. The maximum atomic E-state index is 12.5. The SMILES string of the molecule is CCC1(C(=O)NCc2cccc(C(=O)O)c2)CCCNC1. The molecule has 1 fully saturated rings. The molecule has 0 radical (unpaired) electrons. The van der Waals surface area contributed by atoms with Crippen molar-refractivity contribution in [3.05, 3.63) is 35.4 Å². The molecule has 1 aromatic carbocycles. The summed E-state index contributed by atoms with van der Waals surface area (Å²) in [6, 6.07) is 6.67. The Balaban J connectivity index is 2.00. The lowest BCUT2D eigenvalue weighted by Gasteiger charge is -2.35. The van der Waals surface area contributed by atoms with E-state index in [2.05, 4.69) is 10.6 Å². The van der Waals surface area contributed by atoms with Gasteiger partial charge in [0, 0.05) is 13.1 Å². The Morgan fingerprint density at radius 2 is 2.24 bits per heavy atom. The summed E-state index contributed by atoms with van der Waals surface area (Å²) in [5, 5.41) is 15.2. The zero-order valence-corrected chi connectivity index (χ0v) is 12.3. The Bertz CT molecular complexity index is 522. The summed E-state index contributed by atoms with van der Waals surface area (Å²) in [7, 11) is 0. The van der Waals surface area contributed by atoms with E-state index in [9.17, 15) is 9.59 Å². The fourth-order valence-corrected chi connectivity index (χ4v) is 2.81. The monoisotopic (exact) mass is 290 g/mol. The van der Waals surface area contributed by atoms with Gasteiger partial charge in [-0.1, -0.05) is 19.1 Å². The second kappa shape index (κ2) is 6.72. The molecule has 1 unspecified atom stereocenters. The quantitative estimate of drug-likeness (QED) is 0.772. The van der Waals surface area contributed by atoms with Crippen LogP contribution in [0.1, 0.15) is 42.1 Å². The molecule has 0 aromatic heterocycles. The minimum atomic E-state index is -0.954. The van der Waals surface area contributed by atoms with Crippen LogP contribution in [-0.2, 0) is 11.3 Å². The van der Waals surface area contributed by atoms with Gasteiger partial charge in [0.25, 0.3) is 0 Å². The van der Waals surface area contributed by atoms with Crippen molar-refractivity contribution >= 4 is 11.9 Å². The molecule has 1 aliphatic heterocycles. The third-order valence-corrected chi connectivity index (χ3v) is 4.26. The maximum absolute atomic E-state index is 12.5. The van der Waals surface area contributed by atoms with Crippen molar-refractivity contribution in [3.63, 3.8) is 0 Å². The van der Waals surface area contributed by atoms with Crippen molar-refractivity contribution in [1.29, 1.82) is 0 Å². The molecule has 0 bridgehead atoms. The summed E-state index contributed by atoms with van der Waals surface area (Å²) in [5.41, 5.74) is 0.715. The van der Waals surface area contributed by atoms with E-state index in [1.165, 1.54) is 0 Å². The van der Waals surface area contributed by atoms with Crippen molar-refractivity contribution < 1.29 is 14.7 Å². The highest BCUT2D eigenvalue weighted by Gasteiger charge is 2.37. The Hall–Kier alpha value is -1.88. The number of carbonyl (C=O) groups excluding carboxylic acids is 1. The molecule has 5 heteroatoms. The number of carboxylic acid groups (broad SMARTS) is 1. The number of aromatic carboxylic acids is 1. The number of amides is 1. The van der Waals surface area contributed by atoms with Gasteiger partial charge < -0.3 is 15.7 Å². The smallest absolute Gasteiger partial charge is 0.335 e. The van der Waals surface area contributed by atoms with E-state index in [-0.39, 0.29) is 16.9 Å². The van der Waals surface area contributed by atoms with Gasteiger partial charge in [0.15, 0.2) is 0 Å². The van der Waals surface area contributed by atoms with E-state index < -0.39 is 5.97 Å². The van der Waals surface area contributed by atoms with Crippen LogP contribution in [0.5, 0.6) is 0 Å². The molecule has 1 aliphatic rings. The summed E-state index contributed by atoms with van der Waals surface area (Å²) in [4.78, 5) is 23.4. The summed E-state index contributed by atoms with van der Waals surface area (Å²) < 4.78 is 0. The number of nitrogens with one attached hydrogen (secondary N) is 2. The number of benzene rings is 1. The highest BCUT2D eigenvalue weighted by atomic mass is 16.4. The molecule has 1 saturated heterocycles. The van der Waals surface area contributed by atoms with E-state index in [4.69, 9.17) is 5.11 Å². The van der Waals surface area contributed by atoms with Crippen molar-refractivity contribution in [3.8, 4) is 0 Å². The molecular weight excluding hydrogens is 268 g/mol. The highest BCUT2D eigenvalue weighted by molar-refractivity contribution is 5.87. The van der Waals surface area contributed by atoms with Crippen LogP contribution in [0.2, 0.25) is 0 Å². The van der Waals surface area contributed by atoms with Gasteiger partial charge in [0.1, 0.15) is 0 Å². The van der Waals surface area contributed by atoms with Crippen molar-refractivity contribution in [1.82, 2.24) is 10.6 Å². The van der Waals surface area contributed by atoms with E-state index in [0.29, 0.717) is 13.1 Å². The fraction of sp³-hybridized carbons (Fsp3) is 0.500. The van der Waals surface area contributed by atoms with Gasteiger partial charge >= 0.3 is 5.97 Å². The number of piperidine rings is 1. The van der Waals surface area contributed by atoms with Crippen LogP contribution in [-0.4, -0.2) is 30.1 Å². The van der Waals surface area contributed by atoms with E-state index in [1.807, 2.05) is 13.0 Å². The standard InChI is InChI=1S/C16H22N2O3/c1-2-16(7-4-8-17-11-16)15(21)18-10-12-5-3-6-13(9-12)14(19)20/h3,5-6,9,17H,2,4,7-8,10-11H2,1H3,(H,18,21)(H,19,20). The van der Waals surface area contributed by atoms with Gasteiger partial charge in [-0.3, -0.25) is 4.79 Å². The summed E-state index contributed by atoms with van der Waals surface area (Å²) >= 11 is 0. The predicted octanol–water partition coefficient (Wildman–Crippen LogP) is 1.78. The van der Waals surface area contributed by atoms with E-state index in [0.717, 1.165) is 31.4 Å². The zero-order valence-electron chi connectivity index (χ0n) is 12.3. The highest BCUT2D eigenvalue weighted by Crippen LogP contribution is 2.30. The van der Waals surface area contributed by atoms with Crippen LogP contribution < -0.4 is 10.6 Å². The van der Waals surface area contributed by atoms with Gasteiger partial charge in [0.05, 0.1) is 11.0 Å². The summed E-state index contributed by atoms with van der Waals surface area (Å²) in [6.45, 7) is 4.08. The molecule has 1 heterocycles. The van der Waals surface area contributed by atoms with Gasteiger partial charge in [-0.2, -0.15) is 0 Å². The second-order valence-corrected chi connectivity index (χ2v) is 5.60. The minimum Gasteiger partial charge on any atom is -0.478 e. The van der Waals surface area contributed by atoms with E-state index >= 15 is 0 Å². The van der Waals surface area contributed by atoms with Crippen molar-refractivity contribution in [2.24, 2.45) is 5.41 Å². The lowest BCUT2D eigenvalue weighted by molar-refractivity contribution is -0.132. The topological polar surface area (TPSA) is 78.4 Å². The molecule has 3 N–H and O–H groups in total. The van der Waals surface area contributed by atoms with Gasteiger partial charge in [-0.15, -0.1) is 0 Å². The Kier molecular flexibility index (Phi) is 4.96. The Morgan fingerprint density at radius 1 is 1.43 bits per heavy atom. The molecule has 1 aromatic rings. The van der Waals surface area contributed by atoms with Crippen LogP contribution in [0, 0.1) is 5.41 Å². The average molecular weight is 290 g/mol. The molecule has 0 aliphatic carbocycles. The average Bonchev–Trinajstić information content (AvgIpc) is 2.53. The second-order valence-electron chi connectivity index (χ2n) is 5.60. The largest absolute Gasteiger partial charge is 0.478 e. The first-order valence-electron chi connectivity index (χ1n) is 7.39.